The number of hydrogen-bond acceptors (Lipinski definition) is 5. The van der Waals surface area contributed by atoms with Crippen molar-refractivity contribution < 1.29 is 9.26 Å². The van der Waals surface area contributed by atoms with Crippen molar-refractivity contribution in [3.05, 3.63) is 47.6 Å². The maximum Gasteiger partial charge on any atom is 0.240 e. The monoisotopic (exact) mass is 259 g/mol. The number of ether oxygens (including phenoxy) is 1. The molecule has 5 heteroatoms. The molecule has 2 heterocycles. The highest BCUT2D eigenvalue weighted by atomic mass is 16.5. The van der Waals surface area contributed by atoms with Crippen molar-refractivity contribution >= 4 is 0 Å². The minimum absolute atomic E-state index is 0.212. The number of aromatic nitrogens is 2. The molecule has 3 rings (SSSR count). The first-order chi connectivity index (χ1) is 9.35. The molecule has 0 atom stereocenters. The largest absolute Gasteiger partial charge is 0.381 e. The van der Waals surface area contributed by atoms with E-state index >= 15 is 0 Å². The minimum atomic E-state index is -0.212. The van der Waals surface area contributed by atoms with Crippen LogP contribution in [0.5, 0.6) is 0 Å². The Morgan fingerprint density at radius 2 is 1.89 bits per heavy atom. The molecule has 0 radical (unpaired) electrons. The van der Waals surface area contributed by atoms with Crippen molar-refractivity contribution in [1.82, 2.24) is 10.1 Å². The molecule has 0 saturated carbocycles. The Morgan fingerprint density at radius 1 is 1.16 bits per heavy atom. The van der Waals surface area contributed by atoms with E-state index in [4.69, 9.17) is 15.0 Å². The molecule has 19 heavy (non-hydrogen) atoms. The highest BCUT2D eigenvalue weighted by Gasteiger charge is 2.40. The van der Waals surface area contributed by atoms with Gasteiger partial charge in [0, 0.05) is 13.2 Å². The van der Waals surface area contributed by atoms with Gasteiger partial charge in [-0.05, 0) is 18.4 Å². The average Bonchev–Trinajstić information content (AvgIpc) is 2.98. The minimum Gasteiger partial charge on any atom is -0.381 e. The van der Waals surface area contributed by atoms with E-state index in [1.165, 1.54) is 5.56 Å². The number of rotatable bonds is 3. The summed E-state index contributed by atoms with van der Waals surface area (Å²) in [6, 6.07) is 10.3. The summed E-state index contributed by atoms with van der Waals surface area (Å²) >= 11 is 0. The summed E-state index contributed by atoms with van der Waals surface area (Å²) in [4.78, 5) is 4.44. The summed E-state index contributed by atoms with van der Waals surface area (Å²) in [6.45, 7) is 1.69. The Bertz CT molecular complexity index is 533. The Balaban J connectivity index is 2.06. The van der Waals surface area contributed by atoms with Gasteiger partial charge in [-0.1, -0.05) is 35.5 Å². The standard InChI is InChI=1S/C14H17N3O2/c15-10-12-16-13(17-19-12)14(6-8-18-9-7-14)11-4-2-1-3-5-11/h1-5H,6-10,15H2. The quantitative estimate of drug-likeness (QED) is 0.906. The summed E-state index contributed by atoms with van der Waals surface area (Å²) in [7, 11) is 0. The second kappa shape index (κ2) is 5.11. The van der Waals surface area contributed by atoms with E-state index in [-0.39, 0.29) is 12.0 Å². The van der Waals surface area contributed by atoms with Crippen LogP contribution in [0.25, 0.3) is 0 Å². The Hall–Kier alpha value is -1.72. The van der Waals surface area contributed by atoms with Crippen LogP contribution in [0.2, 0.25) is 0 Å². The number of benzene rings is 1. The third kappa shape index (κ3) is 2.15. The zero-order valence-electron chi connectivity index (χ0n) is 10.7. The second-order valence-corrected chi connectivity index (χ2v) is 4.78. The van der Waals surface area contributed by atoms with Crippen LogP contribution in [0.4, 0.5) is 0 Å². The predicted octanol–water partition coefficient (Wildman–Crippen LogP) is 1.62. The highest BCUT2D eigenvalue weighted by molar-refractivity contribution is 5.33. The van der Waals surface area contributed by atoms with Gasteiger partial charge in [-0.15, -0.1) is 0 Å². The molecule has 0 spiro atoms. The van der Waals surface area contributed by atoms with Crippen molar-refractivity contribution in [3.8, 4) is 0 Å². The van der Waals surface area contributed by atoms with Crippen LogP contribution < -0.4 is 5.73 Å². The summed E-state index contributed by atoms with van der Waals surface area (Å²) in [5.41, 5.74) is 6.55. The van der Waals surface area contributed by atoms with Crippen LogP contribution in [0, 0.1) is 0 Å². The maximum atomic E-state index is 5.55. The van der Waals surface area contributed by atoms with Gasteiger partial charge in [-0.3, -0.25) is 0 Å². The van der Waals surface area contributed by atoms with Crippen LogP contribution in [-0.2, 0) is 16.7 Å². The molecule has 2 aromatic rings. The smallest absolute Gasteiger partial charge is 0.240 e. The normalized spacial score (nSPS) is 18.4. The molecule has 1 aliphatic rings. The molecular formula is C14H17N3O2. The fraction of sp³-hybridized carbons (Fsp3) is 0.429. The van der Waals surface area contributed by atoms with E-state index in [2.05, 4.69) is 22.3 Å². The zero-order chi connectivity index (χ0) is 13.1. The van der Waals surface area contributed by atoms with E-state index in [1.807, 2.05) is 18.2 Å². The van der Waals surface area contributed by atoms with Gasteiger partial charge < -0.3 is 15.0 Å². The molecule has 1 saturated heterocycles. The molecule has 0 bridgehead atoms. The molecule has 0 unspecified atom stereocenters. The molecule has 5 nitrogen and oxygen atoms in total. The zero-order valence-corrected chi connectivity index (χ0v) is 10.7. The first-order valence-electron chi connectivity index (χ1n) is 6.51. The first-order valence-corrected chi connectivity index (χ1v) is 6.51. The van der Waals surface area contributed by atoms with Crippen molar-refractivity contribution in [2.45, 2.75) is 24.8 Å². The molecule has 1 aromatic heterocycles. The second-order valence-electron chi connectivity index (χ2n) is 4.78. The summed E-state index contributed by atoms with van der Waals surface area (Å²) < 4.78 is 10.7. The molecule has 0 aliphatic carbocycles. The van der Waals surface area contributed by atoms with Gasteiger partial charge in [0.2, 0.25) is 5.89 Å². The van der Waals surface area contributed by atoms with Gasteiger partial charge in [0.15, 0.2) is 5.82 Å². The van der Waals surface area contributed by atoms with E-state index in [0.29, 0.717) is 19.1 Å². The third-order valence-corrected chi connectivity index (χ3v) is 3.74. The molecular weight excluding hydrogens is 242 g/mol. The van der Waals surface area contributed by atoms with E-state index in [0.717, 1.165) is 18.7 Å². The SMILES string of the molecule is NCc1nc(C2(c3ccccc3)CCOCC2)no1. The average molecular weight is 259 g/mol. The maximum absolute atomic E-state index is 5.55. The van der Waals surface area contributed by atoms with Gasteiger partial charge in [0.1, 0.15) is 0 Å². The third-order valence-electron chi connectivity index (χ3n) is 3.74. The van der Waals surface area contributed by atoms with Gasteiger partial charge in [0.05, 0.1) is 12.0 Å². The lowest BCUT2D eigenvalue weighted by molar-refractivity contribution is 0.0597. The van der Waals surface area contributed by atoms with Gasteiger partial charge >= 0.3 is 0 Å². The summed E-state index contributed by atoms with van der Waals surface area (Å²) in [5.74, 6) is 1.21. The topological polar surface area (TPSA) is 74.2 Å². The van der Waals surface area contributed by atoms with Crippen LogP contribution in [0.3, 0.4) is 0 Å². The molecule has 100 valence electrons. The number of nitrogens with two attached hydrogens (primary N) is 1. The van der Waals surface area contributed by atoms with Gasteiger partial charge in [-0.25, -0.2) is 0 Å². The molecule has 0 amide bonds. The highest BCUT2D eigenvalue weighted by Crippen LogP contribution is 2.39. The van der Waals surface area contributed by atoms with E-state index in [9.17, 15) is 0 Å². The lowest BCUT2D eigenvalue weighted by Crippen LogP contribution is -2.36. The van der Waals surface area contributed by atoms with Crippen molar-refractivity contribution in [2.24, 2.45) is 5.73 Å². The van der Waals surface area contributed by atoms with Gasteiger partial charge in [0.25, 0.3) is 0 Å². The Morgan fingerprint density at radius 3 is 2.53 bits per heavy atom. The van der Waals surface area contributed by atoms with Crippen LogP contribution in [0.1, 0.15) is 30.1 Å². The predicted molar refractivity (Wildman–Crippen MR) is 69.5 cm³/mol. The van der Waals surface area contributed by atoms with Gasteiger partial charge in [-0.2, -0.15) is 4.98 Å². The molecule has 1 fully saturated rings. The fourth-order valence-electron chi connectivity index (χ4n) is 2.65. The van der Waals surface area contributed by atoms with Crippen LogP contribution in [-0.4, -0.2) is 23.4 Å². The number of hydrogen-bond donors (Lipinski definition) is 1. The first kappa shape index (κ1) is 12.3. The summed E-state index contributed by atoms with van der Waals surface area (Å²) in [6.07, 6.45) is 1.72. The number of nitrogens with zero attached hydrogens (tertiary/aromatic N) is 2. The van der Waals surface area contributed by atoms with Crippen molar-refractivity contribution in [3.63, 3.8) is 0 Å². The van der Waals surface area contributed by atoms with E-state index < -0.39 is 0 Å². The Labute approximate surface area is 111 Å². The van der Waals surface area contributed by atoms with Crippen molar-refractivity contribution in [2.75, 3.05) is 13.2 Å². The molecule has 1 aromatic carbocycles. The fourth-order valence-corrected chi connectivity index (χ4v) is 2.65. The van der Waals surface area contributed by atoms with Crippen LogP contribution in [0.15, 0.2) is 34.9 Å². The van der Waals surface area contributed by atoms with E-state index in [1.54, 1.807) is 0 Å². The molecule has 2 N–H and O–H groups in total. The lowest BCUT2D eigenvalue weighted by atomic mass is 9.73. The lowest BCUT2D eigenvalue weighted by Gasteiger charge is -2.34. The van der Waals surface area contributed by atoms with Crippen LogP contribution >= 0.6 is 0 Å². The Kier molecular flexibility index (Phi) is 3.31. The molecule has 1 aliphatic heterocycles. The van der Waals surface area contributed by atoms with Crippen molar-refractivity contribution in [1.29, 1.82) is 0 Å². The summed E-state index contributed by atoms with van der Waals surface area (Å²) in [5, 5.41) is 4.14.